The van der Waals surface area contributed by atoms with Crippen LogP contribution in [0.4, 0.5) is 0 Å². The van der Waals surface area contributed by atoms with E-state index in [0.717, 1.165) is 25.5 Å². The fourth-order valence-corrected chi connectivity index (χ4v) is 3.45. The number of hydrogen-bond acceptors (Lipinski definition) is 6. The average Bonchev–Trinajstić information content (AvgIpc) is 3.36. The molecule has 3 aromatic rings. The molecule has 0 saturated carbocycles. The lowest BCUT2D eigenvalue weighted by Crippen LogP contribution is -2.36. The molecule has 1 saturated heterocycles. The molecule has 2 atom stereocenters. The summed E-state index contributed by atoms with van der Waals surface area (Å²) in [6, 6.07) is 4.90. The molecule has 0 unspecified atom stereocenters. The number of likely N-dealkylation sites (tertiary alicyclic amines) is 1. The Hall–Kier alpha value is -2.58. The second-order valence-corrected chi connectivity index (χ2v) is 6.67. The van der Waals surface area contributed by atoms with E-state index >= 15 is 0 Å². The van der Waals surface area contributed by atoms with E-state index in [-0.39, 0.29) is 0 Å². The first-order valence-electron chi connectivity index (χ1n) is 8.38. The van der Waals surface area contributed by atoms with Crippen molar-refractivity contribution in [2.75, 3.05) is 27.2 Å². The fraction of sp³-hybridized carbons (Fsp3) is 0.412. The lowest BCUT2D eigenvalue weighted by molar-refractivity contribution is 0.237. The molecule has 1 aliphatic rings. The van der Waals surface area contributed by atoms with Crippen molar-refractivity contribution in [1.82, 2.24) is 39.3 Å². The summed E-state index contributed by atoms with van der Waals surface area (Å²) in [5.74, 6) is 0.884. The maximum atomic E-state index is 4.54. The normalized spacial score (nSPS) is 21.2. The molecule has 0 spiro atoms. The zero-order valence-corrected chi connectivity index (χ0v) is 14.5. The van der Waals surface area contributed by atoms with Crippen molar-refractivity contribution in [3.8, 4) is 5.82 Å². The van der Waals surface area contributed by atoms with Crippen LogP contribution in [-0.4, -0.2) is 72.6 Å². The van der Waals surface area contributed by atoms with Gasteiger partial charge in [-0.1, -0.05) is 11.3 Å². The van der Waals surface area contributed by atoms with Gasteiger partial charge in [0.05, 0.1) is 12.2 Å². The molecule has 8 nitrogen and oxygen atoms in total. The van der Waals surface area contributed by atoms with Crippen molar-refractivity contribution in [2.45, 2.75) is 18.6 Å². The van der Waals surface area contributed by atoms with Crippen molar-refractivity contribution in [1.29, 1.82) is 0 Å². The predicted octanol–water partition coefficient (Wildman–Crippen LogP) is 0.846. The summed E-state index contributed by atoms with van der Waals surface area (Å²) in [7, 11) is 4.25. The van der Waals surface area contributed by atoms with Crippen molar-refractivity contribution in [2.24, 2.45) is 0 Å². The van der Waals surface area contributed by atoms with Gasteiger partial charge in [0.15, 0.2) is 0 Å². The van der Waals surface area contributed by atoms with Gasteiger partial charge in [0, 0.05) is 50.5 Å². The highest BCUT2D eigenvalue weighted by molar-refractivity contribution is 5.25. The van der Waals surface area contributed by atoms with Crippen LogP contribution in [0.3, 0.4) is 0 Å². The minimum Gasteiger partial charge on any atom is -0.303 e. The SMILES string of the molecule is CN(C)[C@@H]1CN(Cc2ccc(-n3ccnc3)nc2)C[C@@H]1n1ccnn1. The number of imidazole rings is 1. The molecule has 0 amide bonds. The van der Waals surface area contributed by atoms with Crippen molar-refractivity contribution in [3.05, 3.63) is 55.0 Å². The predicted molar refractivity (Wildman–Crippen MR) is 93.2 cm³/mol. The van der Waals surface area contributed by atoms with Gasteiger partial charge >= 0.3 is 0 Å². The van der Waals surface area contributed by atoms with Gasteiger partial charge in [-0.05, 0) is 25.7 Å². The molecule has 0 N–H and O–H groups in total. The first-order valence-corrected chi connectivity index (χ1v) is 8.38. The third kappa shape index (κ3) is 3.31. The number of rotatable bonds is 5. The monoisotopic (exact) mass is 338 g/mol. The van der Waals surface area contributed by atoms with Gasteiger partial charge < -0.3 is 4.90 Å². The zero-order valence-electron chi connectivity index (χ0n) is 14.5. The third-order valence-corrected chi connectivity index (χ3v) is 4.76. The molecule has 3 aromatic heterocycles. The number of aromatic nitrogens is 6. The van der Waals surface area contributed by atoms with Gasteiger partial charge in [-0.15, -0.1) is 5.10 Å². The number of likely N-dealkylation sites (N-methyl/N-ethyl adjacent to an activating group) is 1. The molecular formula is C17H22N8. The summed E-state index contributed by atoms with van der Waals surface area (Å²) in [6.45, 7) is 2.84. The summed E-state index contributed by atoms with van der Waals surface area (Å²) in [5.41, 5.74) is 1.21. The van der Waals surface area contributed by atoms with E-state index in [9.17, 15) is 0 Å². The molecular weight excluding hydrogens is 316 g/mol. The van der Waals surface area contributed by atoms with Gasteiger partial charge in [-0.2, -0.15) is 0 Å². The number of pyridine rings is 1. The summed E-state index contributed by atoms with van der Waals surface area (Å²) in [5, 5.41) is 8.17. The Morgan fingerprint density at radius 2 is 2.08 bits per heavy atom. The Balaban J connectivity index is 1.46. The Kier molecular flexibility index (Phi) is 4.29. The molecule has 1 aliphatic heterocycles. The van der Waals surface area contributed by atoms with Gasteiger partial charge in [0.2, 0.25) is 0 Å². The lowest BCUT2D eigenvalue weighted by Gasteiger charge is -2.24. The molecule has 0 radical (unpaired) electrons. The second kappa shape index (κ2) is 6.73. The Morgan fingerprint density at radius 1 is 1.16 bits per heavy atom. The Bertz CT molecular complexity index is 779. The second-order valence-electron chi connectivity index (χ2n) is 6.67. The van der Waals surface area contributed by atoms with Gasteiger partial charge in [-0.3, -0.25) is 9.47 Å². The average molecular weight is 338 g/mol. The van der Waals surface area contributed by atoms with Crippen LogP contribution in [0.15, 0.2) is 49.4 Å². The van der Waals surface area contributed by atoms with E-state index in [2.05, 4.69) is 50.2 Å². The molecule has 8 heteroatoms. The van der Waals surface area contributed by atoms with Gasteiger partial charge in [0.1, 0.15) is 12.1 Å². The summed E-state index contributed by atoms with van der Waals surface area (Å²) in [4.78, 5) is 13.3. The summed E-state index contributed by atoms with van der Waals surface area (Å²) in [6.07, 6.45) is 11.0. The number of nitrogens with zero attached hydrogens (tertiary/aromatic N) is 8. The van der Waals surface area contributed by atoms with Crippen molar-refractivity contribution >= 4 is 0 Å². The summed E-state index contributed by atoms with van der Waals surface area (Å²) < 4.78 is 3.88. The van der Waals surface area contributed by atoms with E-state index in [1.165, 1.54) is 5.56 Å². The highest BCUT2D eigenvalue weighted by atomic mass is 15.5. The minimum atomic E-state index is 0.315. The Labute approximate surface area is 146 Å². The van der Waals surface area contributed by atoms with Gasteiger partial charge in [0.25, 0.3) is 0 Å². The van der Waals surface area contributed by atoms with Crippen LogP contribution in [0.1, 0.15) is 11.6 Å². The van der Waals surface area contributed by atoms with Crippen LogP contribution < -0.4 is 0 Å². The van der Waals surface area contributed by atoms with Crippen LogP contribution in [0.5, 0.6) is 0 Å². The van der Waals surface area contributed by atoms with Crippen LogP contribution in [0.25, 0.3) is 5.82 Å². The van der Waals surface area contributed by atoms with Crippen LogP contribution >= 0.6 is 0 Å². The topological polar surface area (TPSA) is 67.9 Å². The number of hydrogen-bond donors (Lipinski definition) is 0. The highest BCUT2D eigenvalue weighted by Gasteiger charge is 2.35. The minimum absolute atomic E-state index is 0.315. The van der Waals surface area contributed by atoms with Crippen molar-refractivity contribution in [3.63, 3.8) is 0 Å². The largest absolute Gasteiger partial charge is 0.303 e. The molecule has 25 heavy (non-hydrogen) atoms. The summed E-state index contributed by atoms with van der Waals surface area (Å²) >= 11 is 0. The molecule has 1 fully saturated rings. The third-order valence-electron chi connectivity index (χ3n) is 4.76. The molecule has 0 aliphatic carbocycles. The molecule has 0 bridgehead atoms. The van der Waals surface area contributed by atoms with Gasteiger partial charge in [-0.25, -0.2) is 14.6 Å². The lowest BCUT2D eigenvalue weighted by atomic mass is 10.1. The van der Waals surface area contributed by atoms with E-state index in [4.69, 9.17) is 0 Å². The maximum absolute atomic E-state index is 4.54. The molecule has 130 valence electrons. The van der Waals surface area contributed by atoms with Crippen LogP contribution in [-0.2, 0) is 6.54 Å². The van der Waals surface area contributed by atoms with E-state index in [1.807, 2.05) is 33.9 Å². The van der Waals surface area contributed by atoms with Crippen LogP contribution in [0, 0.1) is 0 Å². The van der Waals surface area contributed by atoms with E-state index < -0.39 is 0 Å². The Morgan fingerprint density at radius 3 is 2.72 bits per heavy atom. The van der Waals surface area contributed by atoms with E-state index in [0.29, 0.717) is 12.1 Å². The molecule has 0 aromatic carbocycles. The fourth-order valence-electron chi connectivity index (χ4n) is 3.45. The zero-order chi connectivity index (χ0) is 17.2. The maximum Gasteiger partial charge on any atom is 0.137 e. The van der Waals surface area contributed by atoms with E-state index in [1.54, 1.807) is 18.7 Å². The first kappa shape index (κ1) is 15.9. The first-order chi connectivity index (χ1) is 12.2. The van der Waals surface area contributed by atoms with Crippen molar-refractivity contribution < 1.29 is 0 Å². The highest BCUT2D eigenvalue weighted by Crippen LogP contribution is 2.25. The molecule has 4 rings (SSSR count). The molecule has 4 heterocycles. The van der Waals surface area contributed by atoms with Crippen LogP contribution in [0.2, 0.25) is 0 Å². The quantitative estimate of drug-likeness (QED) is 0.687. The standard InChI is InChI=1S/C17H22N8/c1-22(2)15-11-23(12-16(15)25-8-6-20-21-25)10-14-3-4-17(19-9-14)24-7-5-18-13-24/h3-9,13,15-16H,10-12H2,1-2H3/t15-,16+/m1/s1. The smallest absolute Gasteiger partial charge is 0.137 e.